The number of para-hydroxylation sites is 1. The van der Waals surface area contributed by atoms with Gasteiger partial charge in [0.05, 0.1) is 17.2 Å². The number of hydrogen-bond donors (Lipinski definition) is 0. The number of fused-ring (bicyclic) bond motifs is 3. The summed E-state index contributed by atoms with van der Waals surface area (Å²) in [4.78, 5) is 4.78. The van der Waals surface area contributed by atoms with Crippen molar-refractivity contribution in [3.05, 3.63) is 179 Å². The Morgan fingerprint density at radius 2 is 1.60 bits per heavy atom. The molecule has 8 rings (SSSR count). The minimum atomic E-state index is -2.53. The number of hydrogen-bond acceptors (Lipinski definition) is 3. The van der Waals surface area contributed by atoms with Gasteiger partial charge in [0.1, 0.15) is 11.4 Å². The molecule has 0 saturated heterocycles. The molecular formula is C48H38F2IrN3O. The van der Waals surface area contributed by atoms with Crippen LogP contribution in [0, 0.1) is 29.3 Å². The van der Waals surface area contributed by atoms with Crippen molar-refractivity contribution >= 4 is 21.9 Å². The first-order chi connectivity index (χ1) is 27.3. The number of rotatable bonds is 6. The van der Waals surface area contributed by atoms with Gasteiger partial charge in [-0.3, -0.25) is 4.39 Å². The van der Waals surface area contributed by atoms with Crippen molar-refractivity contribution in [2.45, 2.75) is 52.4 Å². The van der Waals surface area contributed by atoms with Crippen LogP contribution >= 0.6 is 0 Å². The van der Waals surface area contributed by atoms with E-state index in [1.54, 1.807) is 0 Å². The van der Waals surface area contributed by atoms with Crippen molar-refractivity contribution in [2.75, 3.05) is 0 Å². The summed E-state index contributed by atoms with van der Waals surface area (Å²) < 4.78 is 54.3. The Bertz CT molecular complexity index is 2670. The molecule has 0 radical (unpaired) electrons. The number of benzene rings is 5. The molecule has 3 heterocycles. The van der Waals surface area contributed by atoms with Gasteiger partial charge in [-0.1, -0.05) is 105 Å². The number of aromatic nitrogens is 1. The van der Waals surface area contributed by atoms with Crippen molar-refractivity contribution in [2.24, 2.45) is 0 Å². The van der Waals surface area contributed by atoms with Crippen molar-refractivity contribution in [3.63, 3.8) is 0 Å². The summed E-state index contributed by atoms with van der Waals surface area (Å²) in [6, 6.07) is 40.4. The van der Waals surface area contributed by atoms with Gasteiger partial charge in [0.15, 0.2) is 0 Å². The monoisotopic (exact) mass is 906 g/mol. The predicted octanol–water partition coefficient (Wildman–Crippen LogP) is 13.7. The van der Waals surface area contributed by atoms with Crippen LogP contribution in [0.3, 0.4) is 0 Å². The van der Waals surface area contributed by atoms with Crippen molar-refractivity contribution in [1.29, 1.82) is 5.26 Å². The van der Waals surface area contributed by atoms with Crippen LogP contribution in [0.2, 0.25) is 0 Å². The molecule has 0 fully saturated rings. The summed E-state index contributed by atoms with van der Waals surface area (Å²) in [6.45, 7) is 6.19. The molecule has 0 aliphatic carbocycles. The number of halogens is 2. The van der Waals surface area contributed by atoms with Crippen molar-refractivity contribution in [1.82, 2.24) is 4.98 Å². The maximum Gasteiger partial charge on any atom is 3.00 e. The van der Waals surface area contributed by atoms with E-state index in [0.29, 0.717) is 11.1 Å². The zero-order valence-electron chi connectivity index (χ0n) is 33.6. The van der Waals surface area contributed by atoms with Crippen molar-refractivity contribution in [3.8, 4) is 39.6 Å². The number of nitrogens with zero attached hydrogens (tertiary/aromatic N) is 3. The topological polar surface area (TPSA) is 63.9 Å². The van der Waals surface area contributed by atoms with Crippen molar-refractivity contribution < 1.29 is 37.4 Å². The van der Waals surface area contributed by atoms with Gasteiger partial charge in [0, 0.05) is 27.1 Å². The molecule has 5 aromatic carbocycles. The van der Waals surface area contributed by atoms with E-state index in [1.165, 1.54) is 28.8 Å². The molecule has 55 heavy (non-hydrogen) atoms. The van der Waals surface area contributed by atoms with Crippen LogP contribution in [0.25, 0.3) is 60.8 Å². The summed E-state index contributed by atoms with van der Waals surface area (Å²) in [6.07, 6.45) is 3.96. The Morgan fingerprint density at radius 3 is 2.25 bits per heavy atom. The Hall–Kier alpha value is -5.67. The second kappa shape index (κ2) is 16.8. The molecule has 7 aromatic rings. The Labute approximate surface area is 338 Å². The molecule has 4 nitrogen and oxygen atoms in total. The minimum absolute atomic E-state index is 0. The van der Waals surface area contributed by atoms with E-state index >= 15 is 0 Å². The van der Waals surface area contributed by atoms with E-state index in [9.17, 15) is 14.0 Å². The van der Waals surface area contributed by atoms with Gasteiger partial charge in [-0.2, -0.15) is 29.2 Å². The summed E-state index contributed by atoms with van der Waals surface area (Å²) in [5.74, 6) is -0.737. The van der Waals surface area contributed by atoms with Crippen LogP contribution in [0.15, 0.2) is 137 Å². The fraction of sp³-hybridized carbons (Fsp3) is 0.167. The van der Waals surface area contributed by atoms with E-state index in [2.05, 4.69) is 99.7 Å². The van der Waals surface area contributed by atoms with Crippen LogP contribution in [0.4, 0.5) is 8.78 Å². The minimum Gasteiger partial charge on any atom is -0.682 e. The second-order valence-electron chi connectivity index (χ2n) is 13.7. The van der Waals surface area contributed by atoms with Gasteiger partial charge in [0.2, 0.25) is 0 Å². The summed E-state index contributed by atoms with van der Waals surface area (Å²) in [7, 11) is 0. The van der Waals surface area contributed by atoms with Gasteiger partial charge in [-0.15, -0.1) is 30.3 Å². The molecular weight excluding hydrogens is 865 g/mol. The smallest absolute Gasteiger partial charge is 0.682 e. The maximum absolute atomic E-state index is 13.6. The van der Waals surface area contributed by atoms with E-state index in [-0.39, 0.29) is 31.9 Å². The standard InChI is InChI=1S/C36H29N2O.C12H9F2N.Ir/c1-22(2)31-18-24(21-37)19-32(23(3)4)34(31)26-16-17-38-33(20-26)30-15-9-14-29-28-13-8-12-27(35(28)39-36(29)30)25-10-6-5-7-11-25;1-8-7-15-12(6-11(8)14)9-2-4-10(13)5-3-9;/h5-14,16-20,22-23H,1-4H3;2,4-7,12H,1H3;/q-1;-2;+3/i;1D3;. The fourth-order valence-corrected chi connectivity index (χ4v) is 6.78. The SMILES string of the molecule is CC(C)c1cc(C#N)cc(C(C)C)c1-c1ccnc(-c2[c-]ccc3c2oc2c(-c4ccccc4)cccc23)c1.[2H]C([2H])([2H])C1=C[N-]C(c2[c-]cc(F)cc2)C=C1F.[Ir+3]. The van der Waals surface area contributed by atoms with E-state index in [0.717, 1.165) is 68.2 Å². The maximum atomic E-state index is 13.6. The Morgan fingerprint density at radius 1 is 0.855 bits per heavy atom. The Kier molecular flexibility index (Phi) is 10.7. The van der Waals surface area contributed by atoms with Crippen LogP contribution in [0.5, 0.6) is 0 Å². The third-order valence-electron chi connectivity index (χ3n) is 9.46. The molecule has 0 bridgehead atoms. The van der Waals surface area contributed by atoms with E-state index < -0.39 is 30.1 Å². The largest absolute Gasteiger partial charge is 3.00 e. The zero-order valence-corrected chi connectivity index (χ0v) is 33.0. The van der Waals surface area contributed by atoms with Gasteiger partial charge in [-0.25, -0.2) is 4.39 Å². The summed E-state index contributed by atoms with van der Waals surface area (Å²) in [5, 5.41) is 15.7. The first-order valence-corrected chi connectivity index (χ1v) is 17.8. The molecule has 1 aliphatic heterocycles. The first kappa shape index (κ1) is 35.1. The normalized spacial score (nSPS) is 14.7. The molecule has 0 saturated carbocycles. The van der Waals surface area contributed by atoms with E-state index in [4.69, 9.17) is 13.5 Å². The molecule has 1 atom stereocenters. The molecule has 0 amide bonds. The molecule has 1 aliphatic rings. The predicted molar refractivity (Wildman–Crippen MR) is 214 cm³/mol. The molecule has 274 valence electrons. The van der Waals surface area contributed by atoms with Gasteiger partial charge >= 0.3 is 20.1 Å². The third-order valence-corrected chi connectivity index (χ3v) is 9.46. The average molecular weight is 906 g/mol. The van der Waals surface area contributed by atoms with Gasteiger partial charge in [0.25, 0.3) is 0 Å². The summed E-state index contributed by atoms with van der Waals surface area (Å²) in [5.41, 5.74) is 10.9. The first-order valence-electron chi connectivity index (χ1n) is 19.3. The van der Waals surface area contributed by atoms with Crippen LogP contribution in [-0.2, 0) is 20.1 Å². The quantitative estimate of drug-likeness (QED) is 0.156. The third kappa shape index (κ3) is 8.08. The van der Waals surface area contributed by atoms with E-state index in [1.807, 2.05) is 42.6 Å². The van der Waals surface area contributed by atoms with Crippen LogP contribution in [0.1, 0.15) is 78.8 Å². The number of pyridine rings is 1. The van der Waals surface area contributed by atoms with Gasteiger partial charge in [-0.05, 0) is 76.0 Å². The Balaban J connectivity index is 0.000000251. The van der Waals surface area contributed by atoms with Crippen LogP contribution in [-0.4, -0.2) is 4.98 Å². The average Bonchev–Trinajstić information content (AvgIpc) is 3.60. The second-order valence-corrected chi connectivity index (χ2v) is 13.7. The molecule has 1 unspecified atom stereocenters. The molecule has 0 N–H and O–H groups in total. The number of nitriles is 1. The van der Waals surface area contributed by atoms with Crippen LogP contribution < -0.4 is 0 Å². The van der Waals surface area contributed by atoms with Gasteiger partial charge < -0.3 is 14.7 Å². The molecule has 0 spiro atoms. The molecule has 2 aromatic heterocycles. The summed E-state index contributed by atoms with van der Waals surface area (Å²) >= 11 is 0. The number of allylic oxidation sites excluding steroid dienone is 2. The fourth-order valence-electron chi connectivity index (χ4n) is 6.78. The number of furan rings is 1. The zero-order chi connectivity index (χ0) is 40.4. The molecule has 7 heteroatoms.